The van der Waals surface area contributed by atoms with Gasteiger partial charge in [0, 0.05) is 13.1 Å². The zero-order valence-electron chi connectivity index (χ0n) is 10.4. The lowest BCUT2D eigenvalue weighted by atomic mass is 10.0. The molecule has 2 heterocycles. The normalized spacial score (nSPS) is 20.5. The van der Waals surface area contributed by atoms with Gasteiger partial charge in [-0.25, -0.2) is 4.98 Å². The summed E-state index contributed by atoms with van der Waals surface area (Å²) >= 11 is 0. The van der Waals surface area contributed by atoms with Crippen LogP contribution in [-0.2, 0) is 0 Å². The first-order valence-corrected chi connectivity index (χ1v) is 6.10. The number of nitrogen functional groups attached to an aromatic ring is 1. The molecule has 1 fully saturated rings. The molecule has 1 aliphatic rings. The zero-order chi connectivity index (χ0) is 13.1. The van der Waals surface area contributed by atoms with Crippen molar-refractivity contribution in [2.24, 2.45) is 5.92 Å². The van der Waals surface area contributed by atoms with Crippen LogP contribution in [0, 0.1) is 16.0 Å². The summed E-state index contributed by atoms with van der Waals surface area (Å²) in [5.41, 5.74) is 5.34. The van der Waals surface area contributed by atoms with Crippen molar-refractivity contribution in [1.29, 1.82) is 0 Å². The van der Waals surface area contributed by atoms with E-state index in [1.54, 1.807) is 0 Å². The predicted molar refractivity (Wildman–Crippen MR) is 68.3 cm³/mol. The SMILES string of the molecule is CC1CCCN(c2ncc([N+](=O)[O-])c(N)n2)CC1. The summed E-state index contributed by atoms with van der Waals surface area (Å²) in [4.78, 5) is 20.2. The first-order chi connectivity index (χ1) is 8.58. The van der Waals surface area contributed by atoms with Gasteiger partial charge in [0.2, 0.25) is 11.8 Å². The number of hydrogen-bond donors (Lipinski definition) is 1. The number of aromatic nitrogens is 2. The highest BCUT2D eigenvalue weighted by Crippen LogP contribution is 2.23. The smallest absolute Gasteiger partial charge is 0.329 e. The summed E-state index contributed by atoms with van der Waals surface area (Å²) in [7, 11) is 0. The van der Waals surface area contributed by atoms with Crippen LogP contribution in [0.2, 0.25) is 0 Å². The number of rotatable bonds is 2. The molecule has 0 bridgehead atoms. The minimum Gasteiger partial charge on any atom is -0.378 e. The van der Waals surface area contributed by atoms with E-state index < -0.39 is 4.92 Å². The van der Waals surface area contributed by atoms with Crippen molar-refractivity contribution in [3.05, 3.63) is 16.3 Å². The zero-order valence-corrected chi connectivity index (χ0v) is 10.4. The Labute approximate surface area is 105 Å². The molecule has 7 heteroatoms. The molecule has 1 atom stereocenters. The van der Waals surface area contributed by atoms with E-state index in [0.717, 1.165) is 25.9 Å². The monoisotopic (exact) mass is 251 g/mol. The molecule has 98 valence electrons. The van der Waals surface area contributed by atoms with Crippen molar-refractivity contribution in [3.8, 4) is 0 Å². The molecule has 1 unspecified atom stereocenters. The van der Waals surface area contributed by atoms with Crippen molar-refractivity contribution in [2.75, 3.05) is 23.7 Å². The molecule has 2 N–H and O–H groups in total. The largest absolute Gasteiger partial charge is 0.378 e. The highest BCUT2D eigenvalue weighted by Gasteiger charge is 2.19. The van der Waals surface area contributed by atoms with Gasteiger partial charge >= 0.3 is 5.69 Å². The first kappa shape index (κ1) is 12.5. The molecule has 1 saturated heterocycles. The maximum Gasteiger partial charge on any atom is 0.329 e. The van der Waals surface area contributed by atoms with Crippen molar-refractivity contribution in [2.45, 2.75) is 26.2 Å². The summed E-state index contributed by atoms with van der Waals surface area (Å²) in [6.07, 6.45) is 4.55. The van der Waals surface area contributed by atoms with E-state index >= 15 is 0 Å². The van der Waals surface area contributed by atoms with E-state index in [1.165, 1.54) is 12.6 Å². The number of anilines is 2. The Hall–Kier alpha value is -1.92. The van der Waals surface area contributed by atoms with Gasteiger partial charge in [0.15, 0.2) is 0 Å². The maximum absolute atomic E-state index is 10.6. The second-order valence-corrected chi connectivity index (χ2v) is 4.72. The highest BCUT2D eigenvalue weighted by molar-refractivity contribution is 5.53. The number of nitrogens with zero attached hydrogens (tertiary/aromatic N) is 4. The predicted octanol–water partition coefficient (Wildman–Crippen LogP) is 1.59. The number of nitro groups is 1. The standard InChI is InChI=1S/C11H17N5O2/c1-8-3-2-5-15(6-4-8)11-13-7-9(16(17)18)10(12)14-11/h7-8H,2-6H2,1H3,(H2,12,13,14). The van der Waals surface area contributed by atoms with Gasteiger partial charge in [0.1, 0.15) is 6.20 Å². The van der Waals surface area contributed by atoms with Crippen LogP contribution in [0.4, 0.5) is 17.5 Å². The van der Waals surface area contributed by atoms with Crippen LogP contribution in [0.1, 0.15) is 26.2 Å². The first-order valence-electron chi connectivity index (χ1n) is 6.10. The van der Waals surface area contributed by atoms with Gasteiger partial charge in [0.05, 0.1) is 4.92 Å². The lowest BCUT2D eigenvalue weighted by Crippen LogP contribution is -2.26. The van der Waals surface area contributed by atoms with Gasteiger partial charge < -0.3 is 10.6 Å². The summed E-state index contributed by atoms with van der Waals surface area (Å²) in [6.45, 7) is 3.98. The van der Waals surface area contributed by atoms with Crippen molar-refractivity contribution in [1.82, 2.24) is 9.97 Å². The number of nitrogens with two attached hydrogens (primary N) is 1. The quantitative estimate of drug-likeness (QED) is 0.633. The van der Waals surface area contributed by atoms with Gasteiger partial charge in [-0.1, -0.05) is 6.92 Å². The topological polar surface area (TPSA) is 98.2 Å². The van der Waals surface area contributed by atoms with Crippen molar-refractivity contribution in [3.63, 3.8) is 0 Å². The van der Waals surface area contributed by atoms with Gasteiger partial charge in [-0.05, 0) is 25.2 Å². The van der Waals surface area contributed by atoms with E-state index in [-0.39, 0.29) is 11.5 Å². The average molecular weight is 251 g/mol. The Bertz CT molecular complexity index is 451. The van der Waals surface area contributed by atoms with Crippen LogP contribution in [0.3, 0.4) is 0 Å². The molecule has 0 aromatic carbocycles. The molecule has 0 amide bonds. The van der Waals surface area contributed by atoms with Crippen LogP contribution in [0.15, 0.2) is 6.20 Å². The summed E-state index contributed by atoms with van der Waals surface area (Å²) in [6, 6.07) is 0. The minimum absolute atomic E-state index is 0.0673. The third-order valence-electron chi connectivity index (χ3n) is 3.28. The number of hydrogen-bond acceptors (Lipinski definition) is 6. The molecule has 2 rings (SSSR count). The molecule has 18 heavy (non-hydrogen) atoms. The van der Waals surface area contributed by atoms with Crippen molar-refractivity contribution >= 4 is 17.5 Å². The molecule has 1 aromatic heterocycles. The molecule has 1 aromatic rings. The second kappa shape index (κ2) is 5.16. The van der Waals surface area contributed by atoms with Gasteiger partial charge in [-0.2, -0.15) is 4.98 Å². The molecule has 0 radical (unpaired) electrons. The Morgan fingerprint density at radius 2 is 2.28 bits per heavy atom. The molecule has 1 aliphatic heterocycles. The summed E-state index contributed by atoms with van der Waals surface area (Å²) in [5, 5.41) is 10.6. The molecule has 7 nitrogen and oxygen atoms in total. The lowest BCUT2D eigenvalue weighted by molar-refractivity contribution is -0.384. The third kappa shape index (κ3) is 2.66. The van der Waals surface area contributed by atoms with Gasteiger partial charge in [-0.15, -0.1) is 0 Å². The summed E-state index contributed by atoms with van der Waals surface area (Å²) in [5.74, 6) is 1.12. The van der Waals surface area contributed by atoms with Crippen LogP contribution in [0.5, 0.6) is 0 Å². The Morgan fingerprint density at radius 1 is 1.50 bits per heavy atom. The minimum atomic E-state index is -0.566. The third-order valence-corrected chi connectivity index (χ3v) is 3.28. The van der Waals surface area contributed by atoms with Crippen LogP contribution in [-0.4, -0.2) is 28.0 Å². The van der Waals surface area contributed by atoms with Gasteiger partial charge in [0.25, 0.3) is 0 Å². The fraction of sp³-hybridized carbons (Fsp3) is 0.636. The Morgan fingerprint density at radius 3 is 2.94 bits per heavy atom. The van der Waals surface area contributed by atoms with Crippen molar-refractivity contribution < 1.29 is 4.92 Å². The molecular formula is C11H17N5O2. The van der Waals surface area contributed by atoms with E-state index in [0.29, 0.717) is 11.9 Å². The lowest BCUT2D eigenvalue weighted by Gasteiger charge is -2.20. The van der Waals surface area contributed by atoms with E-state index in [1.807, 2.05) is 4.90 Å². The van der Waals surface area contributed by atoms with E-state index in [2.05, 4.69) is 16.9 Å². The maximum atomic E-state index is 10.6. The summed E-state index contributed by atoms with van der Waals surface area (Å²) < 4.78 is 0. The van der Waals surface area contributed by atoms with E-state index in [4.69, 9.17) is 5.73 Å². The average Bonchev–Trinajstić information content (AvgIpc) is 2.53. The Kier molecular flexibility index (Phi) is 3.59. The molecule has 0 saturated carbocycles. The molecule has 0 spiro atoms. The second-order valence-electron chi connectivity index (χ2n) is 4.72. The fourth-order valence-corrected chi connectivity index (χ4v) is 2.13. The van der Waals surface area contributed by atoms with Crippen LogP contribution < -0.4 is 10.6 Å². The highest BCUT2D eigenvalue weighted by atomic mass is 16.6. The molecule has 0 aliphatic carbocycles. The molecular weight excluding hydrogens is 234 g/mol. The fourth-order valence-electron chi connectivity index (χ4n) is 2.13. The van der Waals surface area contributed by atoms with Crippen LogP contribution >= 0.6 is 0 Å². The Balaban J connectivity index is 2.18. The van der Waals surface area contributed by atoms with E-state index in [9.17, 15) is 10.1 Å². The van der Waals surface area contributed by atoms with Gasteiger partial charge in [-0.3, -0.25) is 10.1 Å². The van der Waals surface area contributed by atoms with Crippen LogP contribution in [0.25, 0.3) is 0 Å².